The van der Waals surface area contributed by atoms with Gasteiger partial charge in [0.2, 0.25) is 0 Å². The summed E-state index contributed by atoms with van der Waals surface area (Å²) in [6.45, 7) is 1.93. The molecule has 1 N–H and O–H groups in total. The van der Waals surface area contributed by atoms with Crippen molar-refractivity contribution in [2.45, 2.75) is 13.0 Å². The van der Waals surface area contributed by atoms with E-state index in [0.717, 1.165) is 22.6 Å². The molecule has 1 amide bonds. The fourth-order valence-corrected chi connectivity index (χ4v) is 2.39. The predicted molar refractivity (Wildman–Crippen MR) is 94.1 cm³/mol. The van der Waals surface area contributed by atoms with E-state index >= 15 is 0 Å². The molecule has 0 radical (unpaired) electrons. The minimum absolute atomic E-state index is 0.124. The molecule has 3 aromatic rings. The first kappa shape index (κ1) is 16.6. The summed E-state index contributed by atoms with van der Waals surface area (Å²) in [5.41, 5.74) is 3.03. The van der Waals surface area contributed by atoms with Crippen LogP contribution in [-0.2, 0) is 0 Å². The van der Waals surface area contributed by atoms with Gasteiger partial charge >= 0.3 is 0 Å². The molecule has 2 heterocycles. The first-order chi connectivity index (χ1) is 12.2. The van der Waals surface area contributed by atoms with Gasteiger partial charge in [0.05, 0.1) is 24.4 Å². The van der Waals surface area contributed by atoms with Crippen molar-refractivity contribution in [2.75, 3.05) is 7.11 Å². The van der Waals surface area contributed by atoms with E-state index in [9.17, 15) is 4.79 Å². The van der Waals surface area contributed by atoms with Crippen LogP contribution in [0.4, 0.5) is 0 Å². The number of hydrogen-bond donors (Lipinski definition) is 1. The number of methoxy groups -OCH3 is 1. The zero-order chi connectivity index (χ0) is 17.6. The van der Waals surface area contributed by atoms with Crippen LogP contribution in [0.2, 0.25) is 0 Å². The molecule has 6 heteroatoms. The highest BCUT2D eigenvalue weighted by Crippen LogP contribution is 2.18. The normalized spacial score (nSPS) is 11.6. The highest BCUT2D eigenvalue weighted by Gasteiger charge is 2.12. The number of rotatable bonds is 5. The van der Waals surface area contributed by atoms with E-state index in [4.69, 9.17) is 4.74 Å². The smallest absolute Gasteiger partial charge is 0.253 e. The van der Waals surface area contributed by atoms with E-state index in [2.05, 4.69) is 20.3 Å². The Bertz CT molecular complexity index is 834. The third-order valence-corrected chi connectivity index (χ3v) is 3.85. The molecule has 25 heavy (non-hydrogen) atoms. The first-order valence-corrected chi connectivity index (χ1v) is 7.83. The lowest BCUT2D eigenvalue weighted by Gasteiger charge is -2.15. The molecular formula is C19H18N4O2. The summed E-state index contributed by atoms with van der Waals surface area (Å²) >= 11 is 0. The molecule has 0 aliphatic heterocycles. The average Bonchev–Trinajstić information content (AvgIpc) is 2.68. The van der Waals surface area contributed by atoms with Crippen LogP contribution in [0.15, 0.2) is 61.3 Å². The second-order valence-corrected chi connectivity index (χ2v) is 5.53. The molecule has 1 aromatic carbocycles. The Kier molecular flexibility index (Phi) is 4.99. The summed E-state index contributed by atoms with van der Waals surface area (Å²) in [6, 6.07) is 11.0. The SMILES string of the molecule is COc1ccc([C@H](C)NC(=O)c2ccc(-c3cncnc3)nc2)cc1. The summed E-state index contributed by atoms with van der Waals surface area (Å²) in [4.78, 5) is 24.6. The van der Waals surface area contributed by atoms with Gasteiger partial charge in [0, 0.05) is 24.2 Å². The van der Waals surface area contributed by atoms with Gasteiger partial charge in [-0.3, -0.25) is 9.78 Å². The second kappa shape index (κ2) is 7.53. The maximum absolute atomic E-state index is 12.4. The minimum atomic E-state index is -0.174. The highest BCUT2D eigenvalue weighted by molar-refractivity contribution is 5.94. The van der Waals surface area contributed by atoms with Crippen LogP contribution in [0.5, 0.6) is 5.75 Å². The van der Waals surface area contributed by atoms with Crippen molar-refractivity contribution in [3.8, 4) is 17.0 Å². The van der Waals surface area contributed by atoms with Gasteiger partial charge in [-0.25, -0.2) is 9.97 Å². The minimum Gasteiger partial charge on any atom is -0.497 e. The van der Waals surface area contributed by atoms with E-state index < -0.39 is 0 Å². The van der Waals surface area contributed by atoms with E-state index in [-0.39, 0.29) is 11.9 Å². The number of amides is 1. The second-order valence-electron chi connectivity index (χ2n) is 5.53. The molecule has 6 nitrogen and oxygen atoms in total. The van der Waals surface area contributed by atoms with Gasteiger partial charge < -0.3 is 10.1 Å². The van der Waals surface area contributed by atoms with E-state index in [0.29, 0.717) is 5.56 Å². The van der Waals surface area contributed by atoms with Crippen LogP contribution < -0.4 is 10.1 Å². The lowest BCUT2D eigenvalue weighted by molar-refractivity contribution is 0.0939. The number of carbonyl (C=O) groups excluding carboxylic acids is 1. The Morgan fingerprint density at radius 2 is 1.76 bits per heavy atom. The summed E-state index contributed by atoms with van der Waals surface area (Å²) in [7, 11) is 1.62. The van der Waals surface area contributed by atoms with E-state index in [1.165, 1.54) is 6.33 Å². The van der Waals surface area contributed by atoms with Crippen molar-refractivity contribution in [2.24, 2.45) is 0 Å². The van der Waals surface area contributed by atoms with Gasteiger partial charge in [-0.15, -0.1) is 0 Å². The molecule has 0 aliphatic rings. The van der Waals surface area contributed by atoms with E-state index in [1.807, 2.05) is 31.2 Å². The Labute approximate surface area is 145 Å². The molecule has 1 atom stereocenters. The van der Waals surface area contributed by atoms with Crippen molar-refractivity contribution in [1.29, 1.82) is 0 Å². The van der Waals surface area contributed by atoms with Crippen LogP contribution in [0, 0.1) is 0 Å². The van der Waals surface area contributed by atoms with Crippen molar-refractivity contribution in [1.82, 2.24) is 20.3 Å². The summed E-state index contributed by atoms with van der Waals surface area (Å²) in [6.07, 6.45) is 6.38. The zero-order valence-corrected chi connectivity index (χ0v) is 14.0. The third kappa shape index (κ3) is 3.98. The van der Waals surface area contributed by atoms with E-state index in [1.54, 1.807) is 37.8 Å². The predicted octanol–water partition coefficient (Wildman–Crippen LogP) is 3.04. The number of carbonyl (C=O) groups is 1. The molecule has 0 saturated carbocycles. The molecule has 3 rings (SSSR count). The molecule has 0 unspecified atom stereocenters. The maximum atomic E-state index is 12.4. The molecule has 0 fully saturated rings. The van der Waals surface area contributed by atoms with Crippen molar-refractivity contribution in [3.63, 3.8) is 0 Å². The first-order valence-electron chi connectivity index (χ1n) is 7.83. The lowest BCUT2D eigenvalue weighted by atomic mass is 10.1. The quantitative estimate of drug-likeness (QED) is 0.776. The number of nitrogens with one attached hydrogen (secondary N) is 1. The Hall–Kier alpha value is -3.28. The van der Waals surface area contributed by atoms with Gasteiger partial charge in [0.1, 0.15) is 12.1 Å². The molecule has 0 bridgehead atoms. The summed E-state index contributed by atoms with van der Waals surface area (Å²) in [5, 5.41) is 2.96. The highest BCUT2D eigenvalue weighted by atomic mass is 16.5. The summed E-state index contributed by atoms with van der Waals surface area (Å²) < 4.78 is 5.14. The number of hydrogen-bond acceptors (Lipinski definition) is 5. The van der Waals surface area contributed by atoms with Gasteiger partial charge in [0.15, 0.2) is 0 Å². The number of ether oxygens (including phenoxy) is 1. The third-order valence-electron chi connectivity index (χ3n) is 3.85. The summed E-state index contributed by atoms with van der Waals surface area (Å²) in [5.74, 6) is 0.610. The fraction of sp³-hybridized carbons (Fsp3) is 0.158. The zero-order valence-electron chi connectivity index (χ0n) is 14.0. The Morgan fingerprint density at radius 1 is 1.04 bits per heavy atom. The molecular weight excluding hydrogens is 316 g/mol. The molecule has 2 aromatic heterocycles. The van der Waals surface area contributed by atoms with Gasteiger partial charge in [-0.1, -0.05) is 12.1 Å². The monoisotopic (exact) mass is 334 g/mol. The number of benzene rings is 1. The van der Waals surface area contributed by atoms with Crippen LogP contribution in [-0.4, -0.2) is 28.0 Å². The number of pyridine rings is 1. The average molecular weight is 334 g/mol. The van der Waals surface area contributed by atoms with Crippen molar-refractivity contribution >= 4 is 5.91 Å². The molecule has 0 spiro atoms. The van der Waals surface area contributed by atoms with Gasteiger partial charge in [0.25, 0.3) is 5.91 Å². The van der Waals surface area contributed by atoms with Crippen LogP contribution in [0.1, 0.15) is 28.9 Å². The van der Waals surface area contributed by atoms with Crippen molar-refractivity contribution < 1.29 is 9.53 Å². The largest absolute Gasteiger partial charge is 0.497 e. The van der Waals surface area contributed by atoms with Crippen LogP contribution in [0.3, 0.4) is 0 Å². The van der Waals surface area contributed by atoms with Crippen molar-refractivity contribution in [3.05, 3.63) is 72.4 Å². The lowest BCUT2D eigenvalue weighted by Crippen LogP contribution is -2.26. The molecule has 0 aliphatic carbocycles. The maximum Gasteiger partial charge on any atom is 0.253 e. The standard InChI is InChI=1S/C19H18N4O2/c1-13(14-3-6-17(25-2)7-4-14)23-19(24)15-5-8-18(22-11-15)16-9-20-12-21-10-16/h3-13H,1-2H3,(H,23,24)/t13-/m0/s1. The molecule has 0 saturated heterocycles. The van der Waals surface area contributed by atoms with Gasteiger partial charge in [-0.05, 0) is 36.8 Å². The van der Waals surface area contributed by atoms with Gasteiger partial charge in [-0.2, -0.15) is 0 Å². The Morgan fingerprint density at radius 3 is 2.36 bits per heavy atom. The van der Waals surface area contributed by atoms with Crippen LogP contribution >= 0.6 is 0 Å². The number of aromatic nitrogens is 3. The molecule has 126 valence electrons. The number of nitrogens with zero attached hydrogens (tertiary/aromatic N) is 3. The topological polar surface area (TPSA) is 77.0 Å². The van der Waals surface area contributed by atoms with Crippen LogP contribution in [0.25, 0.3) is 11.3 Å². The fourth-order valence-electron chi connectivity index (χ4n) is 2.39. The Balaban J connectivity index is 1.68.